The predicted octanol–water partition coefficient (Wildman–Crippen LogP) is 4.08. The third-order valence-corrected chi connectivity index (χ3v) is 4.61. The van der Waals surface area contributed by atoms with E-state index in [1.54, 1.807) is 11.5 Å². The number of esters is 1. The summed E-state index contributed by atoms with van der Waals surface area (Å²) in [6.45, 7) is 5.68. The monoisotopic (exact) mass is 381 g/mol. The van der Waals surface area contributed by atoms with Gasteiger partial charge in [0.05, 0.1) is 0 Å². The number of ether oxygens (including phenoxy) is 1. The van der Waals surface area contributed by atoms with Crippen LogP contribution in [0.2, 0.25) is 0 Å². The van der Waals surface area contributed by atoms with Crippen molar-refractivity contribution in [2.45, 2.75) is 13.0 Å². The van der Waals surface area contributed by atoms with Crippen LogP contribution in [0.1, 0.15) is 17.4 Å². The van der Waals surface area contributed by atoms with Gasteiger partial charge < -0.3 is 15.4 Å². The molecule has 138 valence electrons. The highest BCUT2D eigenvalue weighted by atomic mass is 32.1. The van der Waals surface area contributed by atoms with Crippen LogP contribution < -0.4 is 10.6 Å². The number of benzene rings is 2. The molecule has 0 fully saturated rings. The first-order valence-electron chi connectivity index (χ1n) is 8.38. The van der Waals surface area contributed by atoms with Gasteiger partial charge in [-0.15, -0.1) is 17.9 Å². The van der Waals surface area contributed by atoms with Crippen molar-refractivity contribution in [3.8, 4) is 0 Å². The van der Waals surface area contributed by atoms with Gasteiger partial charge in [-0.05, 0) is 18.4 Å². The Morgan fingerprint density at radius 3 is 2.85 bits per heavy atom. The van der Waals surface area contributed by atoms with Crippen LogP contribution in [-0.4, -0.2) is 29.5 Å². The molecule has 7 heteroatoms. The van der Waals surface area contributed by atoms with Crippen molar-refractivity contribution in [1.82, 2.24) is 4.98 Å². The molecule has 3 rings (SSSR count). The number of nitrogens with one attached hydrogen (secondary N) is 2. The summed E-state index contributed by atoms with van der Waals surface area (Å²) in [5.41, 5.74) is 0.835. The molecule has 0 aliphatic rings. The molecule has 1 aromatic heterocycles. The molecule has 1 atom stereocenters. The summed E-state index contributed by atoms with van der Waals surface area (Å²) in [4.78, 5) is 28.8. The van der Waals surface area contributed by atoms with Crippen LogP contribution in [-0.2, 0) is 9.53 Å². The second-order valence-corrected chi connectivity index (χ2v) is 6.63. The molecule has 0 unspecified atom stereocenters. The van der Waals surface area contributed by atoms with Gasteiger partial charge in [-0.1, -0.05) is 42.5 Å². The number of aromatic nitrogens is 1. The number of carbonyl (C=O) groups excluding carboxylic acids is 2. The van der Waals surface area contributed by atoms with Gasteiger partial charge in [-0.3, -0.25) is 4.79 Å². The van der Waals surface area contributed by atoms with Crippen molar-refractivity contribution in [2.75, 3.05) is 17.2 Å². The lowest BCUT2D eigenvalue weighted by molar-refractivity contribution is -0.123. The number of rotatable bonds is 7. The molecule has 3 aromatic rings. The fourth-order valence-electron chi connectivity index (χ4n) is 2.45. The summed E-state index contributed by atoms with van der Waals surface area (Å²) in [5.74, 6) is -1.04. The Morgan fingerprint density at radius 2 is 2.04 bits per heavy atom. The molecule has 6 nitrogen and oxygen atoms in total. The molecular weight excluding hydrogens is 362 g/mol. The Labute approximate surface area is 160 Å². The first kappa shape index (κ1) is 18.6. The average Bonchev–Trinajstić information content (AvgIpc) is 3.15. The number of anilines is 2. The number of fused-ring (bicyclic) bond motifs is 1. The topological polar surface area (TPSA) is 80.3 Å². The molecule has 1 amide bonds. The second kappa shape index (κ2) is 8.46. The minimum atomic E-state index is -0.956. The summed E-state index contributed by atoms with van der Waals surface area (Å²) in [6, 6.07) is 13.4. The van der Waals surface area contributed by atoms with Gasteiger partial charge in [0.15, 0.2) is 16.9 Å². The number of hydrogen-bond donors (Lipinski definition) is 2. The van der Waals surface area contributed by atoms with Crippen molar-refractivity contribution in [3.63, 3.8) is 0 Å². The van der Waals surface area contributed by atoms with Crippen LogP contribution in [0, 0.1) is 0 Å². The number of nitrogens with zero attached hydrogens (tertiary/aromatic N) is 1. The highest BCUT2D eigenvalue weighted by Gasteiger charge is 2.21. The zero-order valence-corrected chi connectivity index (χ0v) is 15.6. The van der Waals surface area contributed by atoms with E-state index in [4.69, 9.17) is 4.74 Å². The van der Waals surface area contributed by atoms with Gasteiger partial charge in [0.1, 0.15) is 0 Å². The van der Waals surface area contributed by atoms with E-state index in [1.165, 1.54) is 18.3 Å². The van der Waals surface area contributed by atoms with E-state index in [9.17, 15) is 9.59 Å². The van der Waals surface area contributed by atoms with Crippen molar-refractivity contribution in [2.24, 2.45) is 0 Å². The van der Waals surface area contributed by atoms with Crippen molar-refractivity contribution in [3.05, 3.63) is 66.2 Å². The van der Waals surface area contributed by atoms with Gasteiger partial charge in [0, 0.05) is 23.0 Å². The maximum atomic E-state index is 12.4. The lowest BCUT2D eigenvalue weighted by Crippen LogP contribution is -2.30. The number of thiazole rings is 1. The van der Waals surface area contributed by atoms with Crippen LogP contribution in [0.4, 0.5) is 10.8 Å². The van der Waals surface area contributed by atoms with Gasteiger partial charge in [0.2, 0.25) is 0 Å². The maximum Gasteiger partial charge on any atom is 0.358 e. The van der Waals surface area contributed by atoms with E-state index in [2.05, 4.69) is 22.2 Å². The highest BCUT2D eigenvalue weighted by molar-refractivity contribution is 7.13. The molecule has 0 bridgehead atoms. The van der Waals surface area contributed by atoms with Crippen LogP contribution in [0.5, 0.6) is 0 Å². The molecule has 2 N–H and O–H groups in total. The van der Waals surface area contributed by atoms with Gasteiger partial charge in [-0.2, -0.15) is 0 Å². The Hall–Kier alpha value is -3.19. The predicted molar refractivity (Wildman–Crippen MR) is 108 cm³/mol. The number of amides is 1. The molecule has 0 aliphatic carbocycles. The minimum Gasteiger partial charge on any atom is -0.448 e. The fraction of sp³-hybridized carbons (Fsp3) is 0.150. The van der Waals surface area contributed by atoms with E-state index in [0.717, 1.165) is 10.8 Å². The van der Waals surface area contributed by atoms with Gasteiger partial charge >= 0.3 is 5.97 Å². The summed E-state index contributed by atoms with van der Waals surface area (Å²) < 4.78 is 5.25. The van der Waals surface area contributed by atoms with Crippen molar-refractivity contribution >= 4 is 44.8 Å². The van der Waals surface area contributed by atoms with Crippen LogP contribution in [0.15, 0.2) is 60.5 Å². The molecular formula is C20H19N3O3S. The molecule has 0 saturated carbocycles. The highest BCUT2D eigenvalue weighted by Crippen LogP contribution is 2.23. The summed E-state index contributed by atoms with van der Waals surface area (Å²) in [5, 5.41) is 9.93. The third kappa shape index (κ3) is 4.51. The molecule has 0 radical (unpaired) electrons. The fourth-order valence-corrected chi connectivity index (χ4v) is 3.14. The Morgan fingerprint density at radius 1 is 1.26 bits per heavy atom. The van der Waals surface area contributed by atoms with E-state index >= 15 is 0 Å². The normalized spacial score (nSPS) is 11.6. The minimum absolute atomic E-state index is 0.163. The standard InChI is InChI=1S/C20H19N3O3S/c1-3-11-21-20-23-17(12-27-20)19(25)26-13(2)18(24)22-16-10-6-8-14-7-4-5-9-15(14)16/h3-10,12-13H,1,11H2,2H3,(H,21,23)(H,22,24)/t13-/m1/s1. The summed E-state index contributed by atoms with van der Waals surface area (Å²) >= 11 is 1.29. The molecule has 0 saturated heterocycles. The number of hydrogen-bond acceptors (Lipinski definition) is 6. The zero-order valence-electron chi connectivity index (χ0n) is 14.8. The van der Waals surface area contributed by atoms with E-state index in [1.807, 2.05) is 42.5 Å². The summed E-state index contributed by atoms with van der Waals surface area (Å²) in [7, 11) is 0. The van der Waals surface area contributed by atoms with Crippen molar-refractivity contribution < 1.29 is 14.3 Å². The van der Waals surface area contributed by atoms with Crippen LogP contribution in [0.25, 0.3) is 10.8 Å². The molecule has 27 heavy (non-hydrogen) atoms. The van der Waals surface area contributed by atoms with E-state index < -0.39 is 18.0 Å². The van der Waals surface area contributed by atoms with Crippen LogP contribution >= 0.6 is 11.3 Å². The molecule has 1 heterocycles. The third-order valence-electron chi connectivity index (χ3n) is 3.81. The van der Waals surface area contributed by atoms with E-state index in [0.29, 0.717) is 17.4 Å². The quantitative estimate of drug-likeness (QED) is 0.476. The Balaban J connectivity index is 1.64. The first-order valence-corrected chi connectivity index (χ1v) is 9.26. The largest absolute Gasteiger partial charge is 0.448 e. The maximum absolute atomic E-state index is 12.4. The Bertz CT molecular complexity index is 978. The number of carbonyl (C=O) groups is 2. The second-order valence-electron chi connectivity index (χ2n) is 5.77. The molecule has 0 aliphatic heterocycles. The smallest absolute Gasteiger partial charge is 0.358 e. The molecule has 0 spiro atoms. The lowest BCUT2D eigenvalue weighted by Gasteiger charge is -2.14. The average molecular weight is 381 g/mol. The van der Waals surface area contributed by atoms with Gasteiger partial charge in [0.25, 0.3) is 5.91 Å². The van der Waals surface area contributed by atoms with Crippen LogP contribution in [0.3, 0.4) is 0 Å². The SMILES string of the molecule is C=CCNc1nc(C(=O)O[C@H](C)C(=O)Nc2cccc3ccccc23)cs1. The van der Waals surface area contributed by atoms with Crippen molar-refractivity contribution in [1.29, 1.82) is 0 Å². The molecule has 2 aromatic carbocycles. The Kier molecular flexibility index (Phi) is 5.83. The lowest BCUT2D eigenvalue weighted by atomic mass is 10.1. The first-order chi connectivity index (χ1) is 13.1. The van der Waals surface area contributed by atoms with E-state index in [-0.39, 0.29) is 5.69 Å². The summed E-state index contributed by atoms with van der Waals surface area (Å²) in [6.07, 6.45) is 0.738. The van der Waals surface area contributed by atoms with Gasteiger partial charge in [-0.25, -0.2) is 9.78 Å². The zero-order chi connectivity index (χ0) is 19.2.